The van der Waals surface area contributed by atoms with Gasteiger partial charge in [0.25, 0.3) is 5.91 Å². The number of carbonyl (C=O) groups excluding carboxylic acids is 1. The van der Waals surface area contributed by atoms with E-state index in [1.807, 2.05) is 29.2 Å². The third-order valence-electron chi connectivity index (χ3n) is 7.34. The third kappa shape index (κ3) is 3.77. The number of hydrogen-bond donors (Lipinski definition) is 0. The van der Waals surface area contributed by atoms with Crippen LogP contribution in [0.2, 0.25) is 0 Å². The van der Waals surface area contributed by atoms with Crippen LogP contribution >= 0.6 is 0 Å². The number of benzene rings is 2. The summed E-state index contributed by atoms with van der Waals surface area (Å²) in [5.74, 6) is 1.31. The molecule has 0 spiro atoms. The molecule has 0 bridgehead atoms. The van der Waals surface area contributed by atoms with Crippen molar-refractivity contribution in [1.29, 1.82) is 0 Å². The molecule has 2 aliphatic heterocycles. The van der Waals surface area contributed by atoms with Crippen molar-refractivity contribution in [2.24, 2.45) is 17.8 Å². The molecule has 1 aliphatic carbocycles. The summed E-state index contributed by atoms with van der Waals surface area (Å²) in [7, 11) is 0. The van der Waals surface area contributed by atoms with Crippen molar-refractivity contribution in [3.63, 3.8) is 0 Å². The maximum atomic E-state index is 14.7. The quantitative estimate of drug-likeness (QED) is 0.618. The Labute approximate surface area is 187 Å². The van der Waals surface area contributed by atoms with Crippen molar-refractivity contribution in [3.8, 4) is 0 Å². The summed E-state index contributed by atoms with van der Waals surface area (Å²) in [5.41, 5.74) is 1.88. The Balaban J connectivity index is 1.18. The Morgan fingerprint density at radius 1 is 1.03 bits per heavy atom. The minimum absolute atomic E-state index is 0.172. The molecule has 2 unspecified atom stereocenters. The molecule has 3 heterocycles. The van der Waals surface area contributed by atoms with Crippen molar-refractivity contribution < 1.29 is 9.18 Å². The predicted molar refractivity (Wildman–Crippen MR) is 121 cm³/mol. The van der Waals surface area contributed by atoms with Gasteiger partial charge in [-0.2, -0.15) is 10.2 Å². The number of carbonyl (C=O) groups is 1. The minimum atomic E-state index is -0.449. The van der Waals surface area contributed by atoms with Gasteiger partial charge in [-0.05, 0) is 48.3 Å². The number of fused-ring (bicyclic) bond motifs is 2. The van der Waals surface area contributed by atoms with Gasteiger partial charge in [0, 0.05) is 49.9 Å². The fourth-order valence-electron chi connectivity index (χ4n) is 5.50. The molecule has 0 radical (unpaired) electrons. The second kappa shape index (κ2) is 7.93. The molecule has 3 fully saturated rings. The van der Waals surface area contributed by atoms with E-state index in [4.69, 9.17) is 0 Å². The largest absolute Gasteiger partial charge is 0.338 e. The lowest BCUT2D eigenvalue weighted by molar-refractivity contribution is 0.0769. The number of hydrogen-bond acceptors (Lipinski definition) is 4. The first kappa shape index (κ1) is 19.8. The lowest BCUT2D eigenvalue weighted by Gasteiger charge is -2.22. The highest BCUT2D eigenvalue weighted by molar-refractivity contribution is 5.95. The van der Waals surface area contributed by atoms with Crippen LogP contribution in [-0.4, -0.2) is 58.6 Å². The van der Waals surface area contributed by atoms with Gasteiger partial charge in [-0.1, -0.05) is 30.3 Å². The van der Waals surface area contributed by atoms with Gasteiger partial charge in [0.1, 0.15) is 5.82 Å². The smallest absolute Gasteiger partial charge is 0.256 e. The second-order valence-corrected chi connectivity index (χ2v) is 9.76. The van der Waals surface area contributed by atoms with Crippen LogP contribution < -0.4 is 0 Å². The van der Waals surface area contributed by atoms with Crippen LogP contribution in [0.3, 0.4) is 0 Å². The fourth-order valence-corrected chi connectivity index (χ4v) is 5.50. The lowest BCUT2D eigenvalue weighted by Crippen LogP contribution is -2.34. The summed E-state index contributed by atoms with van der Waals surface area (Å²) in [4.78, 5) is 17.7. The Morgan fingerprint density at radius 2 is 1.81 bits per heavy atom. The maximum Gasteiger partial charge on any atom is 0.256 e. The molecule has 0 N–H and O–H groups in total. The van der Waals surface area contributed by atoms with E-state index in [2.05, 4.69) is 15.1 Å². The average Bonchev–Trinajstić information content (AvgIpc) is 3.41. The van der Waals surface area contributed by atoms with Crippen LogP contribution in [-0.2, 0) is 6.42 Å². The Kier molecular flexibility index (Phi) is 4.90. The van der Waals surface area contributed by atoms with E-state index in [9.17, 15) is 9.18 Å². The molecule has 2 aromatic carbocycles. The molecule has 2 atom stereocenters. The maximum absolute atomic E-state index is 14.7. The van der Waals surface area contributed by atoms with Gasteiger partial charge in [0.15, 0.2) is 0 Å². The number of halogens is 1. The van der Waals surface area contributed by atoms with E-state index < -0.39 is 5.82 Å². The van der Waals surface area contributed by atoms with E-state index in [0.29, 0.717) is 18.3 Å². The zero-order valence-corrected chi connectivity index (χ0v) is 18.1. The third-order valence-corrected chi connectivity index (χ3v) is 7.34. The molecular weight excluding hydrogens is 403 g/mol. The predicted octanol–water partition coefficient (Wildman–Crippen LogP) is 3.77. The highest BCUT2D eigenvalue weighted by Crippen LogP contribution is 2.36. The number of rotatable bonds is 5. The van der Waals surface area contributed by atoms with Crippen molar-refractivity contribution in [1.82, 2.24) is 20.0 Å². The van der Waals surface area contributed by atoms with E-state index in [1.165, 1.54) is 25.5 Å². The molecule has 164 valence electrons. The molecule has 1 amide bonds. The summed E-state index contributed by atoms with van der Waals surface area (Å²) < 4.78 is 14.7. The van der Waals surface area contributed by atoms with Crippen LogP contribution in [0.4, 0.5) is 4.39 Å². The molecule has 32 heavy (non-hydrogen) atoms. The van der Waals surface area contributed by atoms with Gasteiger partial charge in [-0.15, -0.1) is 0 Å². The Hall–Kier alpha value is -2.86. The zero-order valence-electron chi connectivity index (χ0n) is 18.1. The summed E-state index contributed by atoms with van der Waals surface area (Å²) in [6.07, 6.45) is 5.00. The van der Waals surface area contributed by atoms with E-state index in [0.717, 1.165) is 54.1 Å². The van der Waals surface area contributed by atoms with Crippen LogP contribution in [0.15, 0.2) is 48.7 Å². The molecular formula is C26H27FN4O. The SMILES string of the molecule is O=C(c1cc(Cc2nncc3ccccc23)ccc1F)N1CC2CN(CC3CC3)CC2C1. The van der Waals surface area contributed by atoms with Crippen LogP contribution in [0.5, 0.6) is 0 Å². The highest BCUT2D eigenvalue weighted by Gasteiger charge is 2.43. The molecule has 1 aromatic heterocycles. The molecule has 3 aliphatic rings. The second-order valence-electron chi connectivity index (χ2n) is 9.76. The van der Waals surface area contributed by atoms with Crippen molar-refractivity contribution in [3.05, 3.63) is 71.3 Å². The van der Waals surface area contributed by atoms with Gasteiger partial charge in [0.05, 0.1) is 17.5 Å². The first-order valence-electron chi connectivity index (χ1n) is 11.6. The van der Waals surface area contributed by atoms with Crippen LogP contribution in [0, 0.1) is 23.6 Å². The molecule has 1 saturated carbocycles. The van der Waals surface area contributed by atoms with Gasteiger partial charge in [-0.3, -0.25) is 4.79 Å². The minimum Gasteiger partial charge on any atom is -0.338 e. The molecule has 6 heteroatoms. The number of amides is 1. The Bertz CT molecular complexity index is 1160. The molecule has 2 saturated heterocycles. The van der Waals surface area contributed by atoms with Gasteiger partial charge in [0.2, 0.25) is 0 Å². The van der Waals surface area contributed by atoms with E-state index >= 15 is 0 Å². The molecule has 6 rings (SSSR count). The standard InChI is InChI=1S/C26H27FN4O/c27-24-8-7-18(10-25-22-4-2-1-3-19(22)11-28-29-25)9-23(24)26(32)31-15-20-13-30(12-17-5-6-17)14-21(20)16-31/h1-4,7-9,11,17,20-21H,5-6,10,12-16H2. The van der Waals surface area contributed by atoms with Crippen molar-refractivity contribution in [2.75, 3.05) is 32.7 Å². The first-order valence-corrected chi connectivity index (χ1v) is 11.6. The zero-order chi connectivity index (χ0) is 21.7. The lowest BCUT2D eigenvalue weighted by atomic mass is 10.0. The van der Waals surface area contributed by atoms with Gasteiger partial charge >= 0.3 is 0 Å². The highest BCUT2D eigenvalue weighted by atomic mass is 19.1. The Morgan fingerprint density at radius 3 is 2.59 bits per heavy atom. The monoisotopic (exact) mass is 430 g/mol. The number of likely N-dealkylation sites (tertiary alicyclic amines) is 2. The van der Waals surface area contributed by atoms with Gasteiger partial charge in [-0.25, -0.2) is 4.39 Å². The summed E-state index contributed by atoms with van der Waals surface area (Å²) in [6.45, 7) is 4.85. The molecule has 5 nitrogen and oxygen atoms in total. The van der Waals surface area contributed by atoms with Gasteiger partial charge < -0.3 is 9.80 Å². The fraction of sp³-hybridized carbons (Fsp3) is 0.423. The van der Waals surface area contributed by atoms with Crippen molar-refractivity contribution in [2.45, 2.75) is 19.3 Å². The van der Waals surface area contributed by atoms with E-state index in [-0.39, 0.29) is 11.5 Å². The average molecular weight is 431 g/mol. The summed E-state index contributed by atoms with van der Waals surface area (Å²) in [5, 5.41) is 10.5. The van der Waals surface area contributed by atoms with Crippen LogP contribution in [0.1, 0.15) is 34.5 Å². The topological polar surface area (TPSA) is 49.3 Å². The van der Waals surface area contributed by atoms with Crippen LogP contribution in [0.25, 0.3) is 10.8 Å². The van der Waals surface area contributed by atoms with Crippen molar-refractivity contribution >= 4 is 16.7 Å². The molecule has 3 aromatic rings. The summed E-state index contributed by atoms with van der Waals surface area (Å²) in [6, 6.07) is 12.8. The first-order chi connectivity index (χ1) is 15.6. The number of aromatic nitrogens is 2. The number of nitrogens with zero attached hydrogens (tertiary/aromatic N) is 4. The van der Waals surface area contributed by atoms with E-state index in [1.54, 1.807) is 18.3 Å². The summed E-state index contributed by atoms with van der Waals surface area (Å²) >= 11 is 0. The normalized spacial score (nSPS) is 23.1.